The first-order valence-corrected chi connectivity index (χ1v) is 7.10. The molecule has 1 aromatic carbocycles. The van der Waals surface area contributed by atoms with Crippen molar-refractivity contribution >= 4 is 11.6 Å². The molecule has 0 saturated heterocycles. The van der Waals surface area contributed by atoms with Gasteiger partial charge in [-0.3, -0.25) is 9.59 Å². The van der Waals surface area contributed by atoms with Gasteiger partial charge in [0.1, 0.15) is 0 Å². The molecule has 1 aromatic rings. The van der Waals surface area contributed by atoms with E-state index in [0.717, 1.165) is 12.8 Å². The van der Waals surface area contributed by atoms with Crippen molar-refractivity contribution < 1.29 is 19.1 Å². The van der Waals surface area contributed by atoms with Crippen molar-refractivity contribution in [3.05, 3.63) is 34.4 Å². The third-order valence-corrected chi connectivity index (χ3v) is 3.86. The second-order valence-corrected chi connectivity index (χ2v) is 5.12. The highest BCUT2D eigenvalue weighted by molar-refractivity contribution is 6.27. The van der Waals surface area contributed by atoms with Crippen LogP contribution in [0.2, 0.25) is 0 Å². The Hall–Kier alpha value is -2.10. The van der Waals surface area contributed by atoms with Crippen molar-refractivity contribution in [1.82, 2.24) is 0 Å². The van der Waals surface area contributed by atoms with Gasteiger partial charge in [0.05, 0.1) is 14.2 Å². The summed E-state index contributed by atoms with van der Waals surface area (Å²) in [6.07, 6.45) is 2.52. The lowest BCUT2D eigenvalue weighted by Gasteiger charge is -2.21. The molecule has 2 rings (SSSR count). The van der Waals surface area contributed by atoms with Crippen LogP contribution < -0.4 is 9.47 Å². The number of benzene rings is 1. The van der Waals surface area contributed by atoms with E-state index in [1.54, 1.807) is 19.1 Å². The lowest BCUT2D eigenvalue weighted by Crippen LogP contribution is -2.21. The van der Waals surface area contributed by atoms with E-state index in [1.807, 2.05) is 0 Å². The van der Waals surface area contributed by atoms with Gasteiger partial charge in [-0.05, 0) is 31.9 Å². The Morgan fingerprint density at radius 3 is 1.95 bits per heavy atom. The topological polar surface area (TPSA) is 52.6 Å². The van der Waals surface area contributed by atoms with Crippen LogP contribution in [0.5, 0.6) is 11.5 Å². The number of methoxy groups -OCH3 is 2. The summed E-state index contributed by atoms with van der Waals surface area (Å²) < 4.78 is 10.4. The minimum absolute atomic E-state index is 0.0727. The van der Waals surface area contributed by atoms with Gasteiger partial charge < -0.3 is 9.47 Å². The predicted molar refractivity (Wildman–Crippen MR) is 80.4 cm³/mol. The summed E-state index contributed by atoms with van der Waals surface area (Å²) in [5.74, 6) is 0.752. The molecular weight excluding hydrogens is 268 g/mol. The zero-order valence-corrected chi connectivity index (χ0v) is 12.9. The predicted octanol–water partition coefficient (Wildman–Crippen LogP) is 3.59. The van der Waals surface area contributed by atoms with Crippen LogP contribution in [-0.2, 0) is 0 Å². The van der Waals surface area contributed by atoms with Gasteiger partial charge in [-0.25, -0.2) is 0 Å². The average molecular weight is 288 g/mol. The molecule has 0 aromatic heterocycles. The van der Waals surface area contributed by atoms with Gasteiger partial charge >= 0.3 is 0 Å². The number of ketones is 2. The fraction of sp³-hybridized carbons (Fsp3) is 0.412. The van der Waals surface area contributed by atoms with Gasteiger partial charge in [-0.15, -0.1) is 0 Å². The Kier molecular flexibility index (Phi) is 4.46. The van der Waals surface area contributed by atoms with Crippen molar-refractivity contribution in [3.63, 3.8) is 0 Å². The van der Waals surface area contributed by atoms with Gasteiger partial charge in [0.2, 0.25) is 0 Å². The molecule has 0 fully saturated rings. The summed E-state index contributed by atoms with van der Waals surface area (Å²) in [7, 11) is 3.02. The smallest absolute Gasteiger partial charge is 0.190 e. The fourth-order valence-electron chi connectivity index (χ4n) is 2.58. The minimum atomic E-state index is -0.100. The standard InChI is InChI=1S/C17H20O4/c1-5-6-7-11-10(2)16(18)12-8-14(20-3)15(21-4)9-13(12)17(11)19/h8-9H,5-7H2,1-4H3. The third-order valence-electron chi connectivity index (χ3n) is 3.86. The molecule has 0 spiro atoms. The number of fused-ring (bicyclic) bond motifs is 1. The molecule has 1 aliphatic carbocycles. The normalized spacial score (nSPS) is 14.3. The Morgan fingerprint density at radius 1 is 0.952 bits per heavy atom. The van der Waals surface area contributed by atoms with Crippen molar-refractivity contribution in [1.29, 1.82) is 0 Å². The van der Waals surface area contributed by atoms with Crippen molar-refractivity contribution in [2.75, 3.05) is 14.2 Å². The Bertz CT molecular complexity index is 626. The minimum Gasteiger partial charge on any atom is -0.493 e. The second kappa shape index (κ2) is 6.12. The number of unbranched alkanes of at least 4 members (excludes halogenated alkanes) is 1. The number of allylic oxidation sites excluding steroid dienone is 2. The molecule has 0 aliphatic heterocycles. The zero-order valence-electron chi connectivity index (χ0n) is 12.9. The van der Waals surface area contributed by atoms with Gasteiger partial charge in [0.15, 0.2) is 23.1 Å². The summed E-state index contributed by atoms with van der Waals surface area (Å²) in [4.78, 5) is 25.1. The van der Waals surface area contributed by atoms with E-state index in [4.69, 9.17) is 9.47 Å². The zero-order chi connectivity index (χ0) is 15.6. The molecule has 0 bridgehead atoms. The van der Waals surface area contributed by atoms with Crippen LogP contribution in [0.1, 0.15) is 53.8 Å². The lowest BCUT2D eigenvalue weighted by atomic mass is 9.82. The number of carbonyl (C=O) groups is 2. The van der Waals surface area contributed by atoms with Crippen LogP contribution in [0.15, 0.2) is 23.3 Å². The van der Waals surface area contributed by atoms with Crippen LogP contribution in [-0.4, -0.2) is 25.8 Å². The van der Waals surface area contributed by atoms with E-state index in [9.17, 15) is 9.59 Å². The molecule has 112 valence electrons. The Balaban J connectivity index is 2.56. The number of rotatable bonds is 5. The largest absolute Gasteiger partial charge is 0.493 e. The quantitative estimate of drug-likeness (QED) is 0.831. The highest BCUT2D eigenvalue weighted by Gasteiger charge is 2.31. The molecule has 1 aliphatic rings. The first kappa shape index (κ1) is 15.3. The molecule has 4 nitrogen and oxygen atoms in total. The highest BCUT2D eigenvalue weighted by Crippen LogP contribution is 2.36. The van der Waals surface area contributed by atoms with E-state index in [1.165, 1.54) is 14.2 Å². The van der Waals surface area contributed by atoms with Gasteiger partial charge in [0.25, 0.3) is 0 Å². The van der Waals surface area contributed by atoms with E-state index in [2.05, 4.69) is 6.92 Å². The van der Waals surface area contributed by atoms with E-state index >= 15 is 0 Å². The number of ether oxygens (including phenoxy) is 2. The van der Waals surface area contributed by atoms with Crippen LogP contribution >= 0.6 is 0 Å². The molecule has 0 radical (unpaired) electrons. The van der Waals surface area contributed by atoms with E-state index in [-0.39, 0.29) is 11.6 Å². The van der Waals surface area contributed by atoms with Gasteiger partial charge in [-0.2, -0.15) is 0 Å². The molecule has 0 unspecified atom stereocenters. The molecule has 0 N–H and O–H groups in total. The molecular formula is C17H20O4. The Morgan fingerprint density at radius 2 is 1.48 bits per heavy atom. The number of hydrogen-bond donors (Lipinski definition) is 0. The Labute approximate surface area is 124 Å². The highest BCUT2D eigenvalue weighted by atomic mass is 16.5. The molecule has 21 heavy (non-hydrogen) atoms. The number of Topliss-reactive ketones (excluding diaryl/α,β-unsaturated/α-hetero) is 2. The summed E-state index contributed by atoms with van der Waals surface area (Å²) in [6.45, 7) is 3.79. The number of hydrogen-bond acceptors (Lipinski definition) is 4. The third kappa shape index (κ3) is 2.58. The van der Waals surface area contributed by atoms with Gasteiger partial charge in [0, 0.05) is 22.3 Å². The summed E-state index contributed by atoms with van der Waals surface area (Å²) in [5.41, 5.74) is 1.99. The summed E-state index contributed by atoms with van der Waals surface area (Å²) in [6, 6.07) is 3.20. The van der Waals surface area contributed by atoms with Crippen LogP contribution in [0, 0.1) is 0 Å². The van der Waals surface area contributed by atoms with Crippen LogP contribution in [0.25, 0.3) is 0 Å². The van der Waals surface area contributed by atoms with Crippen molar-refractivity contribution in [2.45, 2.75) is 33.1 Å². The molecule has 0 heterocycles. The summed E-state index contributed by atoms with van der Waals surface area (Å²) >= 11 is 0. The number of carbonyl (C=O) groups excluding carboxylic acids is 2. The molecule has 4 heteroatoms. The average Bonchev–Trinajstić information content (AvgIpc) is 2.51. The first-order chi connectivity index (χ1) is 10.0. The van der Waals surface area contributed by atoms with Crippen molar-refractivity contribution in [2.24, 2.45) is 0 Å². The van der Waals surface area contributed by atoms with E-state index < -0.39 is 0 Å². The first-order valence-electron chi connectivity index (χ1n) is 7.10. The van der Waals surface area contributed by atoms with E-state index in [0.29, 0.717) is 40.2 Å². The maximum Gasteiger partial charge on any atom is 0.190 e. The second-order valence-electron chi connectivity index (χ2n) is 5.12. The maximum absolute atomic E-state index is 12.6. The van der Waals surface area contributed by atoms with Crippen LogP contribution in [0.3, 0.4) is 0 Å². The maximum atomic E-state index is 12.6. The monoisotopic (exact) mass is 288 g/mol. The summed E-state index contributed by atoms with van der Waals surface area (Å²) in [5, 5.41) is 0. The van der Waals surface area contributed by atoms with Crippen molar-refractivity contribution in [3.8, 4) is 11.5 Å². The van der Waals surface area contributed by atoms with Crippen LogP contribution in [0.4, 0.5) is 0 Å². The molecule has 0 saturated carbocycles. The molecule has 0 amide bonds. The lowest BCUT2D eigenvalue weighted by molar-refractivity contribution is 0.0971. The fourth-order valence-corrected chi connectivity index (χ4v) is 2.58. The molecule has 0 atom stereocenters. The van der Waals surface area contributed by atoms with Gasteiger partial charge in [-0.1, -0.05) is 13.3 Å². The SMILES string of the molecule is CCCCC1=C(C)C(=O)c2cc(OC)c(OC)cc2C1=O.